The van der Waals surface area contributed by atoms with Crippen LogP contribution in [0.4, 0.5) is 10.2 Å². The summed E-state index contributed by atoms with van der Waals surface area (Å²) in [6, 6.07) is 13.1. The molecular formula is C19H16FN5O2. The number of amides is 1. The van der Waals surface area contributed by atoms with Crippen molar-refractivity contribution >= 4 is 11.7 Å². The summed E-state index contributed by atoms with van der Waals surface area (Å²) in [5, 5.41) is 11.1. The maximum absolute atomic E-state index is 13.3. The number of furan rings is 1. The lowest BCUT2D eigenvalue weighted by Gasteiger charge is -2.02. The van der Waals surface area contributed by atoms with Gasteiger partial charge in [-0.05, 0) is 35.9 Å². The first kappa shape index (κ1) is 16.8. The zero-order valence-corrected chi connectivity index (χ0v) is 14.2. The number of hydrogen-bond donors (Lipinski definition) is 1. The van der Waals surface area contributed by atoms with Crippen molar-refractivity contribution in [1.82, 2.24) is 19.6 Å². The van der Waals surface area contributed by atoms with Gasteiger partial charge in [0.2, 0.25) is 0 Å². The Morgan fingerprint density at radius 2 is 2.00 bits per heavy atom. The number of hydrogen-bond acceptors (Lipinski definition) is 4. The smallest absolute Gasteiger partial charge is 0.292 e. The molecule has 0 spiro atoms. The van der Waals surface area contributed by atoms with E-state index in [1.54, 1.807) is 46.0 Å². The molecule has 3 heterocycles. The number of nitrogens with one attached hydrogen (secondary N) is 1. The van der Waals surface area contributed by atoms with Crippen molar-refractivity contribution in [2.24, 2.45) is 0 Å². The average Bonchev–Trinajstić information content (AvgIpc) is 3.38. The van der Waals surface area contributed by atoms with Crippen LogP contribution in [0.15, 0.2) is 71.5 Å². The lowest BCUT2D eigenvalue weighted by molar-refractivity contribution is 0.0994. The first-order valence-corrected chi connectivity index (χ1v) is 8.31. The second kappa shape index (κ2) is 7.28. The number of nitrogens with zero attached hydrogens (tertiary/aromatic N) is 4. The van der Waals surface area contributed by atoms with E-state index in [0.717, 1.165) is 5.56 Å². The number of carbonyl (C=O) groups is 1. The van der Waals surface area contributed by atoms with Crippen molar-refractivity contribution in [3.05, 3.63) is 90.0 Å². The molecule has 27 heavy (non-hydrogen) atoms. The van der Waals surface area contributed by atoms with Gasteiger partial charge in [-0.15, -0.1) is 0 Å². The predicted molar refractivity (Wildman–Crippen MR) is 95.7 cm³/mol. The molecule has 0 aliphatic heterocycles. The first-order valence-electron chi connectivity index (χ1n) is 8.31. The molecule has 0 bridgehead atoms. The maximum Gasteiger partial charge on any atom is 0.292 e. The predicted octanol–water partition coefficient (Wildman–Crippen LogP) is 3.16. The maximum atomic E-state index is 13.3. The molecule has 1 amide bonds. The molecule has 0 fully saturated rings. The number of aromatic nitrogens is 4. The van der Waals surface area contributed by atoms with Crippen LogP contribution in [-0.2, 0) is 13.1 Å². The molecule has 4 aromatic rings. The summed E-state index contributed by atoms with van der Waals surface area (Å²) in [6.07, 6.45) is 5.20. The Hall–Kier alpha value is -3.68. The standard InChI is InChI=1S/C19H16FN5O2/c20-15-4-1-3-14(11-15)12-25-10-7-18(23-25)22-19(26)17-6-5-16(27-17)13-24-9-2-8-21-24/h1-11H,12-13H2,(H,22,23,26). The van der Waals surface area contributed by atoms with Gasteiger partial charge in [-0.25, -0.2) is 4.39 Å². The van der Waals surface area contributed by atoms with E-state index in [1.165, 1.54) is 12.1 Å². The Bertz CT molecular complexity index is 1050. The third kappa shape index (κ3) is 4.12. The summed E-state index contributed by atoms with van der Waals surface area (Å²) in [6.45, 7) is 0.852. The van der Waals surface area contributed by atoms with E-state index < -0.39 is 5.91 Å². The van der Waals surface area contributed by atoms with E-state index in [4.69, 9.17) is 4.42 Å². The summed E-state index contributed by atoms with van der Waals surface area (Å²) < 4.78 is 22.1. The van der Waals surface area contributed by atoms with Crippen LogP contribution in [0.2, 0.25) is 0 Å². The van der Waals surface area contributed by atoms with Crippen LogP contribution < -0.4 is 5.32 Å². The minimum absolute atomic E-state index is 0.192. The average molecular weight is 365 g/mol. The van der Waals surface area contributed by atoms with Gasteiger partial charge in [-0.1, -0.05) is 12.1 Å². The Kier molecular flexibility index (Phi) is 4.52. The molecule has 0 saturated heterocycles. The van der Waals surface area contributed by atoms with Crippen molar-refractivity contribution in [3.63, 3.8) is 0 Å². The number of benzene rings is 1. The van der Waals surface area contributed by atoms with Crippen molar-refractivity contribution in [2.45, 2.75) is 13.1 Å². The van der Waals surface area contributed by atoms with Crippen LogP contribution in [0, 0.1) is 5.82 Å². The van der Waals surface area contributed by atoms with E-state index in [1.807, 2.05) is 18.3 Å². The highest BCUT2D eigenvalue weighted by Gasteiger charge is 2.13. The van der Waals surface area contributed by atoms with Gasteiger partial charge in [0.25, 0.3) is 5.91 Å². The highest BCUT2D eigenvalue weighted by atomic mass is 19.1. The van der Waals surface area contributed by atoms with Crippen LogP contribution in [0.3, 0.4) is 0 Å². The highest BCUT2D eigenvalue weighted by molar-refractivity contribution is 6.01. The van der Waals surface area contributed by atoms with E-state index in [9.17, 15) is 9.18 Å². The normalized spacial score (nSPS) is 10.9. The van der Waals surface area contributed by atoms with Crippen molar-refractivity contribution < 1.29 is 13.6 Å². The van der Waals surface area contributed by atoms with Crippen molar-refractivity contribution in [3.8, 4) is 0 Å². The molecule has 1 N–H and O–H groups in total. The lowest BCUT2D eigenvalue weighted by atomic mass is 10.2. The lowest BCUT2D eigenvalue weighted by Crippen LogP contribution is -2.12. The molecular weight excluding hydrogens is 349 g/mol. The molecule has 1 aromatic carbocycles. The fourth-order valence-corrected chi connectivity index (χ4v) is 2.66. The van der Waals surface area contributed by atoms with Gasteiger partial charge in [0, 0.05) is 24.7 Å². The van der Waals surface area contributed by atoms with Gasteiger partial charge in [-0.3, -0.25) is 14.2 Å². The second-order valence-corrected chi connectivity index (χ2v) is 5.95. The first-order chi connectivity index (χ1) is 13.2. The van der Waals surface area contributed by atoms with Crippen LogP contribution in [-0.4, -0.2) is 25.5 Å². The molecule has 0 aliphatic rings. The fourth-order valence-electron chi connectivity index (χ4n) is 2.66. The fraction of sp³-hybridized carbons (Fsp3) is 0.105. The van der Waals surface area contributed by atoms with Gasteiger partial charge in [0.05, 0.1) is 13.1 Å². The van der Waals surface area contributed by atoms with E-state index in [0.29, 0.717) is 24.7 Å². The molecule has 7 nitrogen and oxygen atoms in total. The molecule has 0 unspecified atom stereocenters. The van der Waals surface area contributed by atoms with E-state index in [-0.39, 0.29) is 11.6 Å². The SMILES string of the molecule is O=C(Nc1ccn(Cc2cccc(F)c2)n1)c1ccc(Cn2cccn2)o1. The Balaban J connectivity index is 1.38. The minimum Gasteiger partial charge on any atom is -0.454 e. The number of carbonyl (C=O) groups excluding carboxylic acids is 1. The highest BCUT2D eigenvalue weighted by Crippen LogP contribution is 2.13. The Morgan fingerprint density at radius 1 is 1.07 bits per heavy atom. The van der Waals surface area contributed by atoms with Gasteiger partial charge >= 0.3 is 0 Å². The summed E-state index contributed by atoms with van der Waals surface area (Å²) >= 11 is 0. The van der Waals surface area contributed by atoms with Crippen molar-refractivity contribution in [2.75, 3.05) is 5.32 Å². The number of halogens is 1. The summed E-state index contributed by atoms with van der Waals surface area (Å²) in [5.74, 6) is 0.522. The summed E-state index contributed by atoms with van der Waals surface area (Å²) in [4.78, 5) is 12.3. The second-order valence-electron chi connectivity index (χ2n) is 5.95. The van der Waals surface area contributed by atoms with Crippen LogP contribution in [0.25, 0.3) is 0 Å². The van der Waals surface area contributed by atoms with Gasteiger partial charge in [-0.2, -0.15) is 10.2 Å². The Morgan fingerprint density at radius 3 is 2.81 bits per heavy atom. The molecule has 4 rings (SSSR count). The van der Waals surface area contributed by atoms with Crippen molar-refractivity contribution in [1.29, 1.82) is 0 Å². The third-order valence-corrected chi connectivity index (χ3v) is 3.88. The quantitative estimate of drug-likeness (QED) is 0.569. The zero-order valence-electron chi connectivity index (χ0n) is 14.2. The monoisotopic (exact) mass is 365 g/mol. The van der Waals surface area contributed by atoms with Crippen LogP contribution in [0.1, 0.15) is 21.9 Å². The van der Waals surface area contributed by atoms with Gasteiger partial charge in [0.15, 0.2) is 11.6 Å². The van der Waals surface area contributed by atoms with Crippen LogP contribution >= 0.6 is 0 Å². The molecule has 136 valence electrons. The number of rotatable bonds is 6. The molecule has 0 radical (unpaired) electrons. The van der Waals surface area contributed by atoms with Gasteiger partial charge in [0.1, 0.15) is 11.6 Å². The minimum atomic E-state index is -0.391. The topological polar surface area (TPSA) is 77.9 Å². The Labute approximate surface area is 154 Å². The molecule has 3 aromatic heterocycles. The molecule has 0 atom stereocenters. The number of anilines is 1. The zero-order chi connectivity index (χ0) is 18.6. The third-order valence-electron chi connectivity index (χ3n) is 3.88. The van der Waals surface area contributed by atoms with Gasteiger partial charge < -0.3 is 9.73 Å². The molecule has 0 aliphatic carbocycles. The largest absolute Gasteiger partial charge is 0.454 e. The van der Waals surface area contributed by atoms with E-state index >= 15 is 0 Å². The van der Waals surface area contributed by atoms with Crippen LogP contribution in [0.5, 0.6) is 0 Å². The van der Waals surface area contributed by atoms with E-state index in [2.05, 4.69) is 15.5 Å². The molecule has 8 heteroatoms. The molecule has 0 saturated carbocycles. The summed E-state index contributed by atoms with van der Waals surface area (Å²) in [7, 11) is 0. The summed E-state index contributed by atoms with van der Waals surface area (Å²) in [5.41, 5.74) is 0.783.